The second kappa shape index (κ2) is 10.9. The molecule has 0 amide bonds. The molecule has 0 heterocycles. The Hall–Kier alpha value is -0.200. The molecule has 0 saturated heterocycles. The molecule has 0 aliphatic heterocycles. The molecule has 0 bridgehead atoms. The maximum Gasteiger partial charge on any atom is 0.0619 e. The lowest BCUT2D eigenvalue weighted by molar-refractivity contribution is 0.0610. The first-order valence-corrected chi connectivity index (χ1v) is 6.30. The second-order valence-corrected chi connectivity index (χ2v) is 4.51. The van der Waals surface area contributed by atoms with Gasteiger partial charge in [0.25, 0.3) is 0 Å². The molecule has 1 atom stereocenters. The van der Waals surface area contributed by atoms with Crippen LogP contribution in [-0.2, 0) is 4.74 Å². The highest BCUT2D eigenvalue weighted by atomic mass is 16.5. The third-order valence-electron chi connectivity index (χ3n) is 2.88. The Bertz CT molecular complexity index is 170. The molecule has 0 saturated carbocycles. The molecule has 0 aromatic heterocycles. The summed E-state index contributed by atoms with van der Waals surface area (Å²) in [5.41, 5.74) is 0. The number of rotatable bonds is 11. The average molecular weight is 248 g/mol. The molecule has 0 rings (SSSR count). The summed E-state index contributed by atoms with van der Waals surface area (Å²) in [5, 5.41) is 17.5. The van der Waals surface area contributed by atoms with Crippen molar-refractivity contribution < 1.29 is 14.9 Å². The average Bonchev–Trinajstić information content (AvgIpc) is 2.31. The van der Waals surface area contributed by atoms with E-state index in [0.717, 1.165) is 19.5 Å². The summed E-state index contributed by atoms with van der Waals surface area (Å²) in [6, 6.07) is 0.365. The van der Waals surface area contributed by atoms with Crippen LogP contribution in [0.5, 0.6) is 0 Å². The largest absolute Gasteiger partial charge is 0.396 e. The van der Waals surface area contributed by atoms with E-state index in [9.17, 15) is 0 Å². The molecular weight excluding hydrogens is 220 g/mol. The van der Waals surface area contributed by atoms with Gasteiger partial charge in [-0.15, -0.1) is 0 Å². The molecule has 104 valence electrons. The molecule has 17 heavy (non-hydrogen) atoms. The summed E-state index contributed by atoms with van der Waals surface area (Å²) in [4.78, 5) is 4.23. The van der Waals surface area contributed by atoms with Crippen LogP contribution in [0.15, 0.2) is 0 Å². The van der Waals surface area contributed by atoms with Gasteiger partial charge in [0.1, 0.15) is 0 Å². The molecule has 0 aliphatic rings. The van der Waals surface area contributed by atoms with E-state index in [4.69, 9.17) is 14.9 Å². The maximum atomic E-state index is 8.74. The molecule has 0 fully saturated rings. The van der Waals surface area contributed by atoms with E-state index in [1.54, 1.807) is 0 Å². The van der Waals surface area contributed by atoms with Crippen molar-refractivity contribution in [2.75, 3.05) is 60.2 Å². The lowest BCUT2D eigenvalue weighted by Gasteiger charge is -2.24. The lowest BCUT2D eigenvalue weighted by Crippen LogP contribution is -2.35. The first-order chi connectivity index (χ1) is 8.11. The van der Waals surface area contributed by atoms with Crippen molar-refractivity contribution in [3.05, 3.63) is 0 Å². The van der Waals surface area contributed by atoms with E-state index < -0.39 is 0 Å². The predicted molar refractivity (Wildman–Crippen MR) is 69.2 cm³/mol. The smallest absolute Gasteiger partial charge is 0.0619 e. The van der Waals surface area contributed by atoms with Crippen LogP contribution in [-0.4, -0.2) is 86.2 Å². The Labute approximate surface area is 105 Å². The van der Waals surface area contributed by atoms with Gasteiger partial charge in [-0.1, -0.05) is 0 Å². The Morgan fingerprint density at radius 1 is 1.06 bits per heavy atom. The molecule has 0 aliphatic carbocycles. The van der Waals surface area contributed by atoms with Crippen molar-refractivity contribution in [1.82, 2.24) is 9.80 Å². The van der Waals surface area contributed by atoms with Crippen molar-refractivity contribution in [3.8, 4) is 0 Å². The van der Waals surface area contributed by atoms with Crippen molar-refractivity contribution in [3.63, 3.8) is 0 Å². The van der Waals surface area contributed by atoms with Gasteiger partial charge in [0.15, 0.2) is 0 Å². The zero-order valence-corrected chi connectivity index (χ0v) is 11.4. The molecule has 0 aromatic rings. The van der Waals surface area contributed by atoms with Crippen LogP contribution in [0.2, 0.25) is 0 Å². The molecular formula is C12H28N2O3. The van der Waals surface area contributed by atoms with Crippen molar-refractivity contribution in [2.24, 2.45) is 0 Å². The summed E-state index contributed by atoms with van der Waals surface area (Å²) in [5.74, 6) is 0. The third-order valence-corrected chi connectivity index (χ3v) is 2.88. The Kier molecular flexibility index (Phi) is 10.8. The normalized spacial score (nSPS) is 13.6. The number of nitrogens with zero attached hydrogens (tertiary/aromatic N) is 2. The lowest BCUT2D eigenvalue weighted by atomic mass is 10.3. The van der Waals surface area contributed by atoms with Crippen LogP contribution in [0.25, 0.3) is 0 Å². The highest BCUT2D eigenvalue weighted by Gasteiger charge is 2.08. The zero-order valence-electron chi connectivity index (χ0n) is 11.4. The monoisotopic (exact) mass is 248 g/mol. The standard InChI is InChI=1S/C12H28N2O3/c1-12(14(3)5-4-8-15)11-17-10-7-13(2)6-9-16/h12,15-16H,4-11H2,1-3H3. The zero-order chi connectivity index (χ0) is 13.1. The van der Waals surface area contributed by atoms with Gasteiger partial charge in [-0.25, -0.2) is 0 Å². The van der Waals surface area contributed by atoms with Gasteiger partial charge < -0.3 is 24.7 Å². The molecule has 1 unspecified atom stereocenters. The Balaban J connectivity index is 3.46. The van der Waals surface area contributed by atoms with Gasteiger partial charge in [-0.05, 0) is 27.4 Å². The summed E-state index contributed by atoms with van der Waals surface area (Å²) in [6.07, 6.45) is 0.806. The Morgan fingerprint density at radius 3 is 2.35 bits per heavy atom. The molecule has 5 heteroatoms. The van der Waals surface area contributed by atoms with Crippen molar-refractivity contribution in [2.45, 2.75) is 19.4 Å². The van der Waals surface area contributed by atoms with E-state index in [0.29, 0.717) is 25.8 Å². The highest BCUT2D eigenvalue weighted by molar-refractivity contribution is 4.62. The third kappa shape index (κ3) is 9.50. The number of aliphatic hydroxyl groups is 2. The van der Waals surface area contributed by atoms with Crippen LogP contribution < -0.4 is 0 Å². The minimum atomic E-state index is 0.191. The number of hydrogen-bond acceptors (Lipinski definition) is 5. The molecule has 0 radical (unpaired) electrons. The first kappa shape index (κ1) is 16.8. The predicted octanol–water partition coefficient (Wildman–Crippen LogP) is -0.370. The molecule has 0 spiro atoms. The summed E-state index contributed by atoms with van der Waals surface area (Å²) >= 11 is 0. The SMILES string of the molecule is CC(COCCN(C)CCO)N(C)CCCO. The van der Waals surface area contributed by atoms with E-state index in [2.05, 4.69) is 11.8 Å². The first-order valence-electron chi connectivity index (χ1n) is 6.30. The fourth-order valence-electron chi connectivity index (χ4n) is 1.42. The van der Waals surface area contributed by atoms with Gasteiger partial charge in [0, 0.05) is 32.3 Å². The number of likely N-dealkylation sites (N-methyl/N-ethyl adjacent to an activating group) is 2. The Morgan fingerprint density at radius 2 is 1.76 bits per heavy atom. The topological polar surface area (TPSA) is 56.2 Å². The quantitative estimate of drug-likeness (QED) is 0.489. The summed E-state index contributed by atoms with van der Waals surface area (Å²) in [7, 11) is 4.01. The number of hydrogen-bond donors (Lipinski definition) is 2. The number of aliphatic hydroxyl groups excluding tert-OH is 2. The van der Waals surface area contributed by atoms with Crippen molar-refractivity contribution in [1.29, 1.82) is 0 Å². The van der Waals surface area contributed by atoms with E-state index in [1.807, 2.05) is 19.0 Å². The van der Waals surface area contributed by atoms with E-state index in [1.165, 1.54) is 0 Å². The highest BCUT2D eigenvalue weighted by Crippen LogP contribution is 1.97. The van der Waals surface area contributed by atoms with Gasteiger partial charge in [-0.2, -0.15) is 0 Å². The van der Waals surface area contributed by atoms with Gasteiger partial charge in [0.2, 0.25) is 0 Å². The van der Waals surface area contributed by atoms with Crippen LogP contribution >= 0.6 is 0 Å². The van der Waals surface area contributed by atoms with Crippen molar-refractivity contribution >= 4 is 0 Å². The molecule has 5 nitrogen and oxygen atoms in total. The maximum absolute atomic E-state index is 8.74. The minimum absolute atomic E-state index is 0.191. The van der Waals surface area contributed by atoms with Crippen LogP contribution in [0.3, 0.4) is 0 Å². The second-order valence-electron chi connectivity index (χ2n) is 4.51. The van der Waals surface area contributed by atoms with Crippen LogP contribution in [0.4, 0.5) is 0 Å². The minimum Gasteiger partial charge on any atom is -0.396 e. The summed E-state index contributed by atoms with van der Waals surface area (Å²) < 4.78 is 5.59. The van der Waals surface area contributed by atoms with Crippen LogP contribution in [0, 0.1) is 0 Å². The fourth-order valence-corrected chi connectivity index (χ4v) is 1.42. The number of ether oxygens (including phenoxy) is 1. The molecule has 0 aromatic carbocycles. The molecule has 2 N–H and O–H groups in total. The van der Waals surface area contributed by atoms with Gasteiger partial charge in [-0.3, -0.25) is 0 Å². The van der Waals surface area contributed by atoms with Crippen LogP contribution in [0.1, 0.15) is 13.3 Å². The van der Waals surface area contributed by atoms with E-state index >= 15 is 0 Å². The summed E-state index contributed by atoms with van der Waals surface area (Å²) in [6.45, 7) is 6.37. The fraction of sp³-hybridized carbons (Fsp3) is 1.00. The van der Waals surface area contributed by atoms with Gasteiger partial charge in [0.05, 0.1) is 19.8 Å². The van der Waals surface area contributed by atoms with Gasteiger partial charge >= 0.3 is 0 Å². The van der Waals surface area contributed by atoms with E-state index in [-0.39, 0.29) is 13.2 Å².